The number of ether oxygens (including phenoxy) is 1. The molecule has 0 heterocycles. The number of hydrogen-bond acceptors (Lipinski definition) is 2. The first-order chi connectivity index (χ1) is 5.29. The van der Waals surface area contributed by atoms with E-state index in [-0.39, 0.29) is 5.76 Å². The number of benzene rings is 1. The zero-order valence-electron chi connectivity index (χ0n) is 6.32. The minimum atomic E-state index is 0.161. The number of allylic oxidation sites excluding steroid dienone is 1. The van der Waals surface area contributed by atoms with Gasteiger partial charge in [0.25, 0.3) is 0 Å². The molecule has 0 aliphatic heterocycles. The van der Waals surface area contributed by atoms with E-state index in [4.69, 9.17) is 9.84 Å². The second-order valence-corrected chi connectivity index (χ2v) is 2.19. The largest absolute Gasteiger partial charge is 0.509 e. The molecule has 0 atom stereocenters. The van der Waals surface area contributed by atoms with Gasteiger partial charge < -0.3 is 9.84 Å². The van der Waals surface area contributed by atoms with E-state index in [9.17, 15) is 0 Å². The lowest BCUT2D eigenvalue weighted by Gasteiger charge is -1.97. The summed E-state index contributed by atoms with van der Waals surface area (Å²) in [6, 6.07) is 9.28. The number of rotatable bonds is 2. The van der Waals surface area contributed by atoms with Gasteiger partial charge in [-0.1, -0.05) is 18.2 Å². The van der Waals surface area contributed by atoms with Gasteiger partial charge >= 0.3 is 0 Å². The highest BCUT2D eigenvalue weighted by molar-refractivity contribution is 5.21. The van der Waals surface area contributed by atoms with Crippen LogP contribution in [0.25, 0.3) is 0 Å². The maximum atomic E-state index is 8.75. The monoisotopic (exact) mass is 150 g/mol. The van der Waals surface area contributed by atoms with Crippen molar-refractivity contribution in [2.45, 2.75) is 6.92 Å². The molecule has 0 fully saturated rings. The Morgan fingerprint density at radius 3 is 2.55 bits per heavy atom. The standard InChI is InChI=1S/C9H10O2/c1-8(10)7-11-9-5-3-2-4-6-9/h2-7,10H,1H3. The van der Waals surface area contributed by atoms with Gasteiger partial charge in [-0.3, -0.25) is 0 Å². The van der Waals surface area contributed by atoms with Gasteiger partial charge in [-0.2, -0.15) is 0 Å². The third kappa shape index (κ3) is 2.76. The van der Waals surface area contributed by atoms with Crippen LogP contribution in [0.3, 0.4) is 0 Å². The first-order valence-corrected chi connectivity index (χ1v) is 3.36. The molecule has 11 heavy (non-hydrogen) atoms. The van der Waals surface area contributed by atoms with Crippen LogP contribution >= 0.6 is 0 Å². The lowest BCUT2D eigenvalue weighted by atomic mass is 10.3. The number of hydrogen-bond donors (Lipinski definition) is 1. The summed E-state index contributed by atoms with van der Waals surface area (Å²) in [5.74, 6) is 0.884. The normalized spacial score (nSPS) is 11.2. The Labute approximate surface area is 65.7 Å². The van der Waals surface area contributed by atoms with Crippen molar-refractivity contribution in [2.24, 2.45) is 0 Å². The van der Waals surface area contributed by atoms with Crippen LogP contribution in [0.4, 0.5) is 0 Å². The second kappa shape index (κ2) is 3.66. The SMILES string of the molecule is CC(O)=COc1ccccc1. The fourth-order valence-electron chi connectivity index (χ4n) is 0.652. The van der Waals surface area contributed by atoms with Crippen LogP contribution in [0, 0.1) is 0 Å². The van der Waals surface area contributed by atoms with E-state index in [0.29, 0.717) is 0 Å². The fourth-order valence-corrected chi connectivity index (χ4v) is 0.652. The minimum Gasteiger partial charge on any atom is -0.509 e. The lowest BCUT2D eigenvalue weighted by molar-refractivity contribution is 0.370. The highest BCUT2D eigenvalue weighted by Gasteiger charge is 1.86. The number of aliphatic hydroxyl groups is 1. The van der Waals surface area contributed by atoms with Crippen molar-refractivity contribution in [1.29, 1.82) is 0 Å². The number of para-hydroxylation sites is 1. The average molecular weight is 150 g/mol. The lowest BCUT2D eigenvalue weighted by Crippen LogP contribution is -1.83. The van der Waals surface area contributed by atoms with Gasteiger partial charge in [-0.25, -0.2) is 0 Å². The summed E-state index contributed by atoms with van der Waals surface area (Å²) in [6.45, 7) is 1.56. The molecule has 2 heteroatoms. The van der Waals surface area contributed by atoms with Crippen LogP contribution in [-0.4, -0.2) is 5.11 Å². The highest BCUT2D eigenvalue weighted by atomic mass is 16.5. The van der Waals surface area contributed by atoms with Crippen molar-refractivity contribution in [2.75, 3.05) is 0 Å². The molecule has 1 aromatic rings. The number of aliphatic hydroxyl groups excluding tert-OH is 1. The molecule has 2 nitrogen and oxygen atoms in total. The molecule has 0 aliphatic rings. The molecule has 1 rings (SSSR count). The quantitative estimate of drug-likeness (QED) is 0.656. The summed E-state index contributed by atoms with van der Waals surface area (Å²) >= 11 is 0. The van der Waals surface area contributed by atoms with Crippen molar-refractivity contribution in [3.63, 3.8) is 0 Å². The van der Waals surface area contributed by atoms with E-state index < -0.39 is 0 Å². The first-order valence-electron chi connectivity index (χ1n) is 3.36. The van der Waals surface area contributed by atoms with Crippen molar-refractivity contribution in [3.05, 3.63) is 42.4 Å². The Morgan fingerprint density at radius 1 is 1.36 bits per heavy atom. The predicted octanol–water partition coefficient (Wildman–Crippen LogP) is 2.48. The molecule has 0 unspecified atom stereocenters. The predicted molar refractivity (Wildman–Crippen MR) is 43.5 cm³/mol. The van der Waals surface area contributed by atoms with Gasteiger partial charge in [0.05, 0.1) is 0 Å². The zero-order chi connectivity index (χ0) is 8.10. The van der Waals surface area contributed by atoms with Crippen molar-refractivity contribution < 1.29 is 9.84 Å². The van der Waals surface area contributed by atoms with Gasteiger partial charge in [0.2, 0.25) is 0 Å². The molecule has 0 aliphatic carbocycles. The van der Waals surface area contributed by atoms with E-state index >= 15 is 0 Å². The van der Waals surface area contributed by atoms with Gasteiger partial charge in [-0.15, -0.1) is 0 Å². The van der Waals surface area contributed by atoms with Crippen LogP contribution in [0.5, 0.6) is 5.75 Å². The van der Waals surface area contributed by atoms with E-state index in [1.807, 2.05) is 30.3 Å². The Hall–Kier alpha value is -1.44. The fraction of sp³-hybridized carbons (Fsp3) is 0.111. The molecule has 0 amide bonds. The van der Waals surface area contributed by atoms with Crippen LogP contribution in [0.15, 0.2) is 42.4 Å². The third-order valence-electron chi connectivity index (χ3n) is 1.11. The third-order valence-corrected chi connectivity index (χ3v) is 1.11. The minimum absolute atomic E-state index is 0.161. The molecule has 0 aromatic heterocycles. The molecule has 1 aromatic carbocycles. The van der Waals surface area contributed by atoms with Gasteiger partial charge in [0.15, 0.2) is 0 Å². The van der Waals surface area contributed by atoms with Crippen LogP contribution in [0.1, 0.15) is 6.92 Å². The van der Waals surface area contributed by atoms with E-state index in [0.717, 1.165) is 5.75 Å². The van der Waals surface area contributed by atoms with Crippen molar-refractivity contribution in [1.82, 2.24) is 0 Å². The van der Waals surface area contributed by atoms with E-state index in [2.05, 4.69) is 0 Å². The first kappa shape index (κ1) is 7.66. The van der Waals surface area contributed by atoms with Crippen molar-refractivity contribution >= 4 is 0 Å². The summed E-state index contributed by atoms with van der Waals surface area (Å²) in [5.41, 5.74) is 0. The van der Waals surface area contributed by atoms with E-state index in [1.165, 1.54) is 6.26 Å². The molecular formula is C9H10O2. The molecule has 1 N–H and O–H groups in total. The highest BCUT2D eigenvalue weighted by Crippen LogP contribution is 2.08. The van der Waals surface area contributed by atoms with Crippen molar-refractivity contribution in [3.8, 4) is 5.75 Å². The summed E-state index contributed by atoms with van der Waals surface area (Å²) in [6.07, 6.45) is 1.30. The summed E-state index contributed by atoms with van der Waals surface area (Å²) in [5, 5.41) is 8.75. The zero-order valence-corrected chi connectivity index (χ0v) is 6.32. The average Bonchev–Trinajstić information content (AvgIpc) is 2.03. The molecule has 0 radical (unpaired) electrons. The summed E-state index contributed by atoms with van der Waals surface area (Å²) in [4.78, 5) is 0. The summed E-state index contributed by atoms with van der Waals surface area (Å²) in [7, 11) is 0. The maximum Gasteiger partial charge on any atom is 0.128 e. The maximum absolute atomic E-state index is 8.75. The van der Waals surface area contributed by atoms with Gasteiger partial charge in [0, 0.05) is 0 Å². The Bertz CT molecular complexity index is 235. The Kier molecular flexibility index (Phi) is 2.55. The van der Waals surface area contributed by atoms with Crippen LogP contribution in [0.2, 0.25) is 0 Å². The molecule has 0 saturated carbocycles. The van der Waals surface area contributed by atoms with E-state index in [1.54, 1.807) is 6.92 Å². The Balaban J connectivity index is 2.59. The molecule has 58 valence electrons. The molecule has 0 spiro atoms. The Morgan fingerprint density at radius 2 is 2.00 bits per heavy atom. The van der Waals surface area contributed by atoms with Crippen LogP contribution in [-0.2, 0) is 0 Å². The van der Waals surface area contributed by atoms with Gasteiger partial charge in [0.1, 0.15) is 17.8 Å². The molecule has 0 saturated heterocycles. The van der Waals surface area contributed by atoms with Gasteiger partial charge in [-0.05, 0) is 19.1 Å². The molecular weight excluding hydrogens is 140 g/mol. The topological polar surface area (TPSA) is 29.5 Å². The summed E-state index contributed by atoms with van der Waals surface area (Å²) < 4.78 is 5.06. The second-order valence-electron chi connectivity index (χ2n) is 2.19. The smallest absolute Gasteiger partial charge is 0.128 e. The molecule has 0 bridgehead atoms. The van der Waals surface area contributed by atoms with Crippen LogP contribution < -0.4 is 4.74 Å².